The van der Waals surface area contributed by atoms with Crippen LogP contribution in [0.3, 0.4) is 0 Å². The normalized spacial score (nSPS) is 25.1. The molecular formula is C30H43ClN6O5. The Morgan fingerprint density at radius 1 is 1.19 bits per heavy atom. The number of fused-ring (bicyclic) bond motifs is 1. The zero-order chi connectivity index (χ0) is 30.2. The topological polar surface area (TPSA) is 146 Å². The fourth-order valence-corrected chi connectivity index (χ4v) is 6.99. The highest BCUT2D eigenvalue weighted by molar-refractivity contribution is 6.31. The molecule has 0 bridgehead atoms. The average molecular weight is 603 g/mol. The van der Waals surface area contributed by atoms with Gasteiger partial charge in [-0.25, -0.2) is 5.84 Å². The predicted molar refractivity (Wildman–Crippen MR) is 158 cm³/mol. The molecule has 1 saturated heterocycles. The van der Waals surface area contributed by atoms with Crippen molar-refractivity contribution in [1.82, 2.24) is 19.7 Å². The molecule has 5 N–H and O–H groups in total. The van der Waals surface area contributed by atoms with E-state index in [0.717, 1.165) is 37.8 Å². The van der Waals surface area contributed by atoms with Crippen LogP contribution < -0.4 is 16.3 Å². The summed E-state index contributed by atoms with van der Waals surface area (Å²) in [4.78, 5) is 45.4. The van der Waals surface area contributed by atoms with Crippen LogP contribution in [-0.2, 0) is 20.8 Å². The van der Waals surface area contributed by atoms with Gasteiger partial charge < -0.3 is 35.3 Å². The van der Waals surface area contributed by atoms with Gasteiger partial charge in [-0.05, 0) is 69.3 Å². The summed E-state index contributed by atoms with van der Waals surface area (Å²) in [5.74, 6) is 4.04. The van der Waals surface area contributed by atoms with Crippen LogP contribution in [0.25, 0.3) is 0 Å². The molecule has 0 aromatic heterocycles. The molecule has 2 aliphatic heterocycles. The maximum atomic E-state index is 14.2. The number of carboxylic acid groups (broad SMARTS) is 1. The molecule has 2 saturated carbocycles. The molecule has 1 aromatic rings. The number of carbonyl (C=O) groups excluding carboxylic acids is 2. The first-order valence-electron chi connectivity index (χ1n) is 14.9. The van der Waals surface area contributed by atoms with Crippen molar-refractivity contribution in [2.75, 3.05) is 46.9 Å². The number of rotatable bonds is 10. The molecule has 2 amide bonds. The van der Waals surface area contributed by atoms with Gasteiger partial charge in [0.1, 0.15) is 18.5 Å². The molecule has 3 atom stereocenters. The lowest BCUT2D eigenvalue weighted by Crippen LogP contribution is -2.52. The SMILES string of the molecule is CN(C)CCN(N)/C=C(\N)COc1ccc(Cl)c2c1[C@@H](N1CC3(CC3)CC1=O)N(C(=O)C1CCCCC1C(=O)O)CC2. The molecule has 2 heterocycles. The van der Waals surface area contributed by atoms with E-state index in [-0.39, 0.29) is 23.8 Å². The summed E-state index contributed by atoms with van der Waals surface area (Å²) in [5, 5.41) is 12.0. The molecule has 1 spiro atoms. The third-order valence-electron chi connectivity index (χ3n) is 9.24. The van der Waals surface area contributed by atoms with Gasteiger partial charge in [-0.1, -0.05) is 24.4 Å². The molecule has 230 valence electrons. The minimum atomic E-state index is -0.940. The number of hydrogen-bond acceptors (Lipinski definition) is 8. The Hall–Kier alpha value is -3.02. The van der Waals surface area contributed by atoms with Gasteiger partial charge >= 0.3 is 5.97 Å². The summed E-state index contributed by atoms with van der Waals surface area (Å²) in [7, 11) is 3.93. The van der Waals surface area contributed by atoms with E-state index in [1.165, 1.54) is 5.01 Å². The van der Waals surface area contributed by atoms with Crippen LogP contribution in [-0.4, -0.2) is 89.5 Å². The number of amides is 2. The van der Waals surface area contributed by atoms with E-state index in [4.69, 9.17) is 27.9 Å². The number of ether oxygens (including phenoxy) is 1. The molecular weight excluding hydrogens is 560 g/mol. The van der Waals surface area contributed by atoms with Crippen molar-refractivity contribution in [2.45, 2.75) is 57.5 Å². The van der Waals surface area contributed by atoms with Crippen molar-refractivity contribution in [3.05, 3.63) is 40.2 Å². The van der Waals surface area contributed by atoms with Crippen LogP contribution in [0.2, 0.25) is 5.02 Å². The Morgan fingerprint density at radius 2 is 1.90 bits per heavy atom. The quantitative estimate of drug-likeness (QED) is 0.272. The van der Waals surface area contributed by atoms with Gasteiger partial charge in [0, 0.05) is 49.4 Å². The predicted octanol–water partition coefficient (Wildman–Crippen LogP) is 2.54. The summed E-state index contributed by atoms with van der Waals surface area (Å²) in [6, 6.07) is 3.53. The number of carboxylic acids is 1. The number of halogens is 1. The van der Waals surface area contributed by atoms with Crippen molar-refractivity contribution < 1.29 is 24.2 Å². The van der Waals surface area contributed by atoms with Gasteiger partial charge in [-0.15, -0.1) is 0 Å². The standard InChI is InChI=1S/C30H43ClN6O5/c1-34(2)13-14-35(33)16-19(32)17-42-24-8-7-23(31)22-9-12-36(28(39)20-5-3-4-6-21(20)29(40)41)27(26(22)24)37-18-30(10-11-30)15-25(37)38/h7-8,16,20-21,27H,3-6,9-15,17-18,32-33H2,1-2H3,(H,40,41)/b19-16-/t20?,21?,27-/m1/s1. The largest absolute Gasteiger partial charge is 0.487 e. The lowest BCUT2D eigenvalue weighted by atomic mass is 9.78. The lowest BCUT2D eigenvalue weighted by molar-refractivity contribution is -0.157. The number of likely N-dealkylation sites (tertiary alicyclic amines) is 1. The van der Waals surface area contributed by atoms with Gasteiger partial charge in [-0.2, -0.15) is 0 Å². The number of likely N-dealkylation sites (N-methyl/N-ethyl adjacent to an activating group) is 1. The minimum Gasteiger partial charge on any atom is -0.487 e. The van der Waals surface area contributed by atoms with Gasteiger partial charge in [0.2, 0.25) is 11.8 Å². The summed E-state index contributed by atoms with van der Waals surface area (Å²) >= 11 is 6.72. The Labute approximate surface area is 252 Å². The van der Waals surface area contributed by atoms with Crippen molar-refractivity contribution in [3.8, 4) is 5.75 Å². The number of nitrogens with zero attached hydrogens (tertiary/aromatic N) is 4. The van der Waals surface area contributed by atoms with Gasteiger partial charge in [0.15, 0.2) is 0 Å². The molecule has 2 aliphatic carbocycles. The monoisotopic (exact) mass is 602 g/mol. The second-order valence-corrected chi connectivity index (χ2v) is 13.1. The van der Waals surface area contributed by atoms with Crippen molar-refractivity contribution in [1.29, 1.82) is 0 Å². The van der Waals surface area contributed by atoms with Crippen LogP contribution in [0.1, 0.15) is 62.2 Å². The van der Waals surface area contributed by atoms with E-state index < -0.39 is 24.0 Å². The number of hydrazine groups is 1. The number of carbonyl (C=O) groups is 3. The maximum absolute atomic E-state index is 14.2. The maximum Gasteiger partial charge on any atom is 0.307 e. The molecule has 42 heavy (non-hydrogen) atoms. The highest BCUT2D eigenvalue weighted by Gasteiger charge is 2.55. The van der Waals surface area contributed by atoms with Crippen molar-refractivity contribution in [3.63, 3.8) is 0 Å². The summed E-state index contributed by atoms with van der Waals surface area (Å²) < 4.78 is 6.26. The smallest absolute Gasteiger partial charge is 0.307 e. The highest BCUT2D eigenvalue weighted by atomic mass is 35.5. The molecule has 5 rings (SSSR count). The van der Waals surface area contributed by atoms with E-state index in [1.54, 1.807) is 28.1 Å². The summed E-state index contributed by atoms with van der Waals surface area (Å²) in [5.41, 5.74) is 8.16. The van der Waals surface area contributed by atoms with Crippen molar-refractivity contribution in [2.24, 2.45) is 28.8 Å². The second kappa shape index (κ2) is 12.3. The second-order valence-electron chi connectivity index (χ2n) is 12.7. The Bertz CT molecular complexity index is 1250. The Balaban J connectivity index is 1.48. The minimum absolute atomic E-state index is 0.00780. The summed E-state index contributed by atoms with van der Waals surface area (Å²) in [6.07, 6.45) is 6.39. The Kier molecular flexibility index (Phi) is 8.91. The van der Waals surface area contributed by atoms with E-state index in [1.807, 2.05) is 19.0 Å². The molecule has 4 aliphatic rings. The molecule has 11 nitrogen and oxygen atoms in total. The number of aliphatic carboxylic acids is 1. The van der Waals surface area contributed by atoms with E-state index in [0.29, 0.717) is 67.4 Å². The van der Waals surface area contributed by atoms with Crippen LogP contribution in [0.5, 0.6) is 5.75 Å². The molecule has 12 heteroatoms. The first-order valence-corrected chi connectivity index (χ1v) is 15.3. The third kappa shape index (κ3) is 6.33. The van der Waals surface area contributed by atoms with Crippen LogP contribution in [0.15, 0.2) is 24.0 Å². The van der Waals surface area contributed by atoms with Crippen LogP contribution in [0.4, 0.5) is 0 Å². The number of hydrogen-bond donors (Lipinski definition) is 3. The fraction of sp³-hybridized carbons (Fsp3) is 0.633. The highest BCUT2D eigenvalue weighted by Crippen LogP contribution is 2.56. The van der Waals surface area contributed by atoms with Crippen molar-refractivity contribution >= 4 is 29.4 Å². The van der Waals surface area contributed by atoms with Crippen LogP contribution in [0, 0.1) is 17.3 Å². The van der Waals surface area contributed by atoms with Gasteiger partial charge in [0.05, 0.1) is 17.5 Å². The summed E-state index contributed by atoms with van der Waals surface area (Å²) in [6.45, 7) is 2.28. The third-order valence-corrected chi connectivity index (χ3v) is 9.59. The Morgan fingerprint density at radius 3 is 2.55 bits per heavy atom. The van der Waals surface area contributed by atoms with Crippen LogP contribution >= 0.6 is 11.6 Å². The van der Waals surface area contributed by atoms with Gasteiger partial charge in [-0.3, -0.25) is 14.4 Å². The first kappa shape index (κ1) is 30.4. The van der Waals surface area contributed by atoms with E-state index in [2.05, 4.69) is 0 Å². The zero-order valence-corrected chi connectivity index (χ0v) is 25.3. The number of nitrogens with two attached hydrogens (primary N) is 2. The van der Waals surface area contributed by atoms with E-state index in [9.17, 15) is 19.5 Å². The first-order chi connectivity index (χ1) is 20.0. The average Bonchev–Trinajstić information content (AvgIpc) is 3.63. The fourth-order valence-electron chi connectivity index (χ4n) is 6.73. The molecule has 0 radical (unpaired) electrons. The van der Waals surface area contributed by atoms with E-state index >= 15 is 0 Å². The molecule has 1 aromatic carbocycles. The lowest BCUT2D eigenvalue weighted by Gasteiger charge is -2.45. The number of benzene rings is 1. The van der Waals surface area contributed by atoms with Gasteiger partial charge in [0.25, 0.3) is 0 Å². The molecule has 3 fully saturated rings. The zero-order valence-electron chi connectivity index (χ0n) is 24.6. The molecule has 2 unspecified atom stereocenters.